The number of nitrogens with one attached hydrogen (secondary N) is 1. The summed E-state index contributed by atoms with van der Waals surface area (Å²) in [6, 6.07) is 0. The van der Waals surface area contributed by atoms with Crippen molar-refractivity contribution in [2.24, 2.45) is 0 Å². The Labute approximate surface area is 98.9 Å². The highest BCUT2D eigenvalue weighted by Gasteiger charge is 2.21. The quantitative estimate of drug-likeness (QED) is 0.801. The van der Waals surface area contributed by atoms with E-state index in [1.165, 1.54) is 7.11 Å². The number of rotatable bonds is 5. The fourth-order valence-electron chi connectivity index (χ4n) is 1.03. The number of methoxy groups -OCH3 is 1. The van der Waals surface area contributed by atoms with Crippen LogP contribution in [0.5, 0.6) is 0 Å². The van der Waals surface area contributed by atoms with Gasteiger partial charge in [0.1, 0.15) is 0 Å². The van der Waals surface area contributed by atoms with E-state index in [4.69, 9.17) is 10.5 Å². The SMILES string of the molecule is COC(C)CNS(=O)(=O)c1sc(N)nc1C. The number of nitrogens with two attached hydrogens (primary N) is 1. The largest absolute Gasteiger partial charge is 0.380 e. The van der Waals surface area contributed by atoms with Gasteiger partial charge in [0.2, 0.25) is 0 Å². The van der Waals surface area contributed by atoms with Gasteiger partial charge in [-0.2, -0.15) is 0 Å². The van der Waals surface area contributed by atoms with Gasteiger partial charge in [-0.1, -0.05) is 11.3 Å². The maximum Gasteiger partial charge on any atom is 0.252 e. The third kappa shape index (κ3) is 3.14. The maximum atomic E-state index is 11.8. The summed E-state index contributed by atoms with van der Waals surface area (Å²) in [6.45, 7) is 3.60. The number of hydrogen-bond donors (Lipinski definition) is 2. The second-order valence-corrected chi connectivity index (χ2v) is 6.32. The van der Waals surface area contributed by atoms with E-state index in [2.05, 4.69) is 9.71 Å². The van der Waals surface area contributed by atoms with Crippen LogP contribution in [0, 0.1) is 6.92 Å². The maximum absolute atomic E-state index is 11.8. The van der Waals surface area contributed by atoms with E-state index < -0.39 is 10.0 Å². The van der Waals surface area contributed by atoms with Crippen molar-refractivity contribution in [1.29, 1.82) is 0 Å². The van der Waals surface area contributed by atoms with Crippen LogP contribution in [0.1, 0.15) is 12.6 Å². The first-order valence-electron chi connectivity index (χ1n) is 4.62. The highest BCUT2D eigenvalue weighted by atomic mass is 32.2. The Balaban J connectivity index is 2.82. The predicted molar refractivity (Wildman–Crippen MR) is 62.9 cm³/mol. The Morgan fingerprint density at radius 3 is 2.69 bits per heavy atom. The van der Waals surface area contributed by atoms with Gasteiger partial charge in [-0.15, -0.1) is 0 Å². The summed E-state index contributed by atoms with van der Waals surface area (Å²) in [4.78, 5) is 3.87. The monoisotopic (exact) mass is 265 g/mol. The van der Waals surface area contributed by atoms with Crippen molar-refractivity contribution in [2.45, 2.75) is 24.2 Å². The number of thiazole rings is 1. The van der Waals surface area contributed by atoms with Crippen LogP contribution in [-0.4, -0.2) is 33.2 Å². The number of aromatic nitrogens is 1. The van der Waals surface area contributed by atoms with Crippen LogP contribution in [0.4, 0.5) is 5.13 Å². The Morgan fingerprint density at radius 1 is 1.62 bits per heavy atom. The number of anilines is 1. The third-order valence-electron chi connectivity index (χ3n) is 1.98. The second kappa shape index (κ2) is 5.09. The van der Waals surface area contributed by atoms with Crippen LogP contribution in [0.2, 0.25) is 0 Å². The average molecular weight is 265 g/mol. The predicted octanol–water partition coefficient (Wildman–Crippen LogP) is 0.347. The van der Waals surface area contributed by atoms with Crippen molar-refractivity contribution >= 4 is 26.5 Å². The molecule has 0 spiro atoms. The number of nitrogens with zero attached hydrogens (tertiary/aromatic N) is 1. The summed E-state index contributed by atoms with van der Waals surface area (Å²) in [7, 11) is -2.01. The zero-order chi connectivity index (χ0) is 12.3. The first-order valence-corrected chi connectivity index (χ1v) is 6.92. The molecular formula is C8H15N3O3S2. The topological polar surface area (TPSA) is 94.3 Å². The van der Waals surface area contributed by atoms with Gasteiger partial charge >= 0.3 is 0 Å². The standard InChI is InChI=1S/C8H15N3O3S2/c1-5(14-3)4-10-16(12,13)7-6(2)11-8(9)15-7/h5,10H,4H2,1-3H3,(H2,9,11). The molecule has 0 aromatic carbocycles. The number of sulfonamides is 1. The Hall–Kier alpha value is -0.700. The zero-order valence-electron chi connectivity index (χ0n) is 9.35. The van der Waals surface area contributed by atoms with Gasteiger partial charge in [-0.3, -0.25) is 0 Å². The molecule has 8 heteroatoms. The van der Waals surface area contributed by atoms with E-state index in [0.29, 0.717) is 5.69 Å². The minimum absolute atomic E-state index is 0.160. The minimum atomic E-state index is -3.53. The highest BCUT2D eigenvalue weighted by molar-refractivity contribution is 7.91. The summed E-state index contributed by atoms with van der Waals surface area (Å²) in [5, 5.41) is 0.248. The van der Waals surface area contributed by atoms with Crippen molar-refractivity contribution in [1.82, 2.24) is 9.71 Å². The molecule has 1 aromatic heterocycles. The normalized spacial score (nSPS) is 13.9. The summed E-state index contributed by atoms with van der Waals surface area (Å²) in [5.41, 5.74) is 5.87. The lowest BCUT2D eigenvalue weighted by molar-refractivity contribution is 0.122. The number of aryl methyl sites for hydroxylation is 1. The Bertz CT molecular complexity index is 455. The molecule has 0 saturated carbocycles. The minimum Gasteiger partial charge on any atom is -0.380 e. The molecule has 1 aromatic rings. The summed E-state index contributed by atoms with van der Waals surface area (Å²) in [6.07, 6.45) is -0.180. The van der Waals surface area contributed by atoms with Crippen LogP contribution < -0.4 is 10.5 Å². The molecule has 0 saturated heterocycles. The molecule has 92 valence electrons. The fraction of sp³-hybridized carbons (Fsp3) is 0.625. The molecule has 1 unspecified atom stereocenters. The molecule has 0 aliphatic heterocycles. The number of hydrogen-bond acceptors (Lipinski definition) is 6. The van der Waals surface area contributed by atoms with E-state index >= 15 is 0 Å². The molecule has 16 heavy (non-hydrogen) atoms. The van der Waals surface area contributed by atoms with Gasteiger partial charge in [0, 0.05) is 13.7 Å². The molecule has 0 amide bonds. The molecule has 0 aliphatic rings. The van der Waals surface area contributed by atoms with Crippen LogP contribution in [0.25, 0.3) is 0 Å². The van der Waals surface area contributed by atoms with Crippen molar-refractivity contribution in [3.05, 3.63) is 5.69 Å². The second-order valence-electron chi connectivity index (χ2n) is 3.32. The molecule has 0 fully saturated rings. The molecule has 3 N–H and O–H groups in total. The highest BCUT2D eigenvalue weighted by Crippen LogP contribution is 2.24. The smallest absolute Gasteiger partial charge is 0.252 e. The lowest BCUT2D eigenvalue weighted by Gasteiger charge is -2.10. The number of nitrogen functional groups attached to an aromatic ring is 1. The Morgan fingerprint density at radius 2 is 2.25 bits per heavy atom. The van der Waals surface area contributed by atoms with Gasteiger partial charge in [-0.25, -0.2) is 18.1 Å². The van der Waals surface area contributed by atoms with Crippen LogP contribution in [-0.2, 0) is 14.8 Å². The summed E-state index contributed by atoms with van der Waals surface area (Å²) >= 11 is 0.956. The molecule has 0 radical (unpaired) electrons. The lowest BCUT2D eigenvalue weighted by Crippen LogP contribution is -2.31. The van der Waals surface area contributed by atoms with Gasteiger partial charge in [0.15, 0.2) is 9.34 Å². The number of ether oxygens (including phenoxy) is 1. The molecular weight excluding hydrogens is 250 g/mol. The molecule has 6 nitrogen and oxygen atoms in total. The van der Waals surface area contributed by atoms with E-state index in [1.807, 2.05) is 0 Å². The summed E-state index contributed by atoms with van der Waals surface area (Å²) < 4.78 is 31.2. The van der Waals surface area contributed by atoms with Crippen molar-refractivity contribution in [2.75, 3.05) is 19.4 Å². The lowest BCUT2D eigenvalue weighted by atomic mass is 10.4. The van der Waals surface area contributed by atoms with E-state index in [9.17, 15) is 8.42 Å². The average Bonchev–Trinajstić information content (AvgIpc) is 2.55. The van der Waals surface area contributed by atoms with Gasteiger partial charge in [0.25, 0.3) is 10.0 Å². The van der Waals surface area contributed by atoms with Crippen LogP contribution in [0.3, 0.4) is 0 Å². The van der Waals surface area contributed by atoms with Crippen LogP contribution >= 0.6 is 11.3 Å². The molecule has 1 atom stereocenters. The van der Waals surface area contributed by atoms with Crippen LogP contribution in [0.15, 0.2) is 4.21 Å². The van der Waals surface area contributed by atoms with Crippen molar-refractivity contribution in [3.8, 4) is 0 Å². The van der Waals surface area contributed by atoms with Gasteiger partial charge in [-0.05, 0) is 13.8 Å². The van der Waals surface area contributed by atoms with Gasteiger partial charge < -0.3 is 10.5 Å². The first kappa shape index (κ1) is 13.4. The van der Waals surface area contributed by atoms with E-state index in [1.54, 1.807) is 13.8 Å². The van der Waals surface area contributed by atoms with Crippen molar-refractivity contribution < 1.29 is 13.2 Å². The Kier molecular flexibility index (Phi) is 4.25. The molecule has 0 bridgehead atoms. The van der Waals surface area contributed by atoms with Crippen molar-refractivity contribution in [3.63, 3.8) is 0 Å². The fourth-order valence-corrected chi connectivity index (χ4v) is 3.49. The zero-order valence-corrected chi connectivity index (χ0v) is 11.0. The molecule has 1 heterocycles. The summed E-state index contributed by atoms with van der Waals surface area (Å²) in [5.74, 6) is 0. The molecule has 1 rings (SSSR count). The third-order valence-corrected chi connectivity index (χ3v) is 5.00. The van der Waals surface area contributed by atoms with E-state index in [-0.39, 0.29) is 22.0 Å². The van der Waals surface area contributed by atoms with Gasteiger partial charge in [0.05, 0.1) is 11.8 Å². The van der Waals surface area contributed by atoms with E-state index in [0.717, 1.165) is 11.3 Å². The molecule has 0 aliphatic carbocycles. The first-order chi connectivity index (χ1) is 7.36.